The van der Waals surface area contributed by atoms with Gasteiger partial charge in [0.05, 0.1) is 5.92 Å². The molecule has 0 aromatic rings. The van der Waals surface area contributed by atoms with E-state index in [4.69, 9.17) is 10.8 Å². The molecule has 1 rings (SSSR count). The zero-order chi connectivity index (χ0) is 12.0. The van der Waals surface area contributed by atoms with Crippen LogP contribution in [0.5, 0.6) is 0 Å². The van der Waals surface area contributed by atoms with Crippen molar-refractivity contribution in [3.63, 3.8) is 0 Å². The third-order valence-electron chi connectivity index (χ3n) is 3.02. The molecule has 5 heteroatoms. The predicted octanol–water partition coefficient (Wildman–Crippen LogP) is 0.485. The second-order valence-electron chi connectivity index (χ2n) is 4.34. The average molecular weight is 228 g/mol. The summed E-state index contributed by atoms with van der Waals surface area (Å²) in [6, 6.07) is -0.0341. The van der Waals surface area contributed by atoms with Gasteiger partial charge in [-0.1, -0.05) is 12.8 Å². The first-order valence-electron chi connectivity index (χ1n) is 5.86. The monoisotopic (exact) mass is 228 g/mol. The van der Waals surface area contributed by atoms with Gasteiger partial charge in [-0.2, -0.15) is 0 Å². The maximum Gasteiger partial charge on any atom is 0.303 e. The summed E-state index contributed by atoms with van der Waals surface area (Å²) >= 11 is 0. The van der Waals surface area contributed by atoms with Crippen molar-refractivity contribution in [2.24, 2.45) is 11.7 Å². The molecule has 0 saturated heterocycles. The second-order valence-corrected chi connectivity index (χ2v) is 4.34. The lowest BCUT2D eigenvalue weighted by Gasteiger charge is -2.27. The highest BCUT2D eigenvalue weighted by Gasteiger charge is 2.27. The third kappa shape index (κ3) is 4.18. The van der Waals surface area contributed by atoms with E-state index < -0.39 is 5.97 Å². The third-order valence-corrected chi connectivity index (χ3v) is 3.02. The first kappa shape index (κ1) is 13.0. The Morgan fingerprint density at radius 2 is 2.00 bits per heavy atom. The molecule has 2 unspecified atom stereocenters. The molecule has 2 atom stereocenters. The van der Waals surface area contributed by atoms with Gasteiger partial charge in [0.25, 0.3) is 0 Å². The highest BCUT2D eigenvalue weighted by Crippen LogP contribution is 2.22. The summed E-state index contributed by atoms with van der Waals surface area (Å²) in [5.41, 5.74) is 5.88. The van der Waals surface area contributed by atoms with E-state index >= 15 is 0 Å². The molecule has 0 radical (unpaired) electrons. The second kappa shape index (κ2) is 6.48. The van der Waals surface area contributed by atoms with Crippen molar-refractivity contribution in [3.8, 4) is 0 Å². The standard InChI is InChI=1S/C11H20N2O3/c12-9-5-2-1-4-8(9)11(16)13-7-3-6-10(14)15/h8-9H,1-7,12H2,(H,13,16)(H,14,15). The molecular formula is C11H20N2O3. The van der Waals surface area contributed by atoms with Crippen LogP contribution < -0.4 is 11.1 Å². The summed E-state index contributed by atoms with van der Waals surface area (Å²) in [7, 11) is 0. The zero-order valence-corrected chi connectivity index (χ0v) is 9.45. The molecule has 5 nitrogen and oxygen atoms in total. The number of rotatable bonds is 5. The molecule has 0 aliphatic heterocycles. The number of carboxylic acids is 1. The van der Waals surface area contributed by atoms with Gasteiger partial charge in [0.2, 0.25) is 5.91 Å². The number of aliphatic carboxylic acids is 1. The van der Waals surface area contributed by atoms with E-state index in [9.17, 15) is 9.59 Å². The van der Waals surface area contributed by atoms with Gasteiger partial charge < -0.3 is 16.2 Å². The number of carboxylic acid groups (broad SMARTS) is 1. The molecule has 0 heterocycles. The number of nitrogens with two attached hydrogens (primary N) is 1. The molecule has 92 valence electrons. The molecule has 1 aliphatic rings. The topological polar surface area (TPSA) is 92.4 Å². The van der Waals surface area contributed by atoms with Crippen molar-refractivity contribution >= 4 is 11.9 Å². The van der Waals surface area contributed by atoms with Crippen LogP contribution in [0.25, 0.3) is 0 Å². The van der Waals surface area contributed by atoms with Crippen LogP contribution in [0.2, 0.25) is 0 Å². The van der Waals surface area contributed by atoms with Crippen molar-refractivity contribution in [2.75, 3.05) is 6.54 Å². The van der Waals surface area contributed by atoms with Gasteiger partial charge >= 0.3 is 5.97 Å². The van der Waals surface area contributed by atoms with E-state index in [1.807, 2.05) is 0 Å². The van der Waals surface area contributed by atoms with Crippen LogP contribution in [-0.2, 0) is 9.59 Å². The van der Waals surface area contributed by atoms with Crippen LogP contribution in [0.15, 0.2) is 0 Å². The van der Waals surface area contributed by atoms with Crippen molar-refractivity contribution < 1.29 is 14.7 Å². The summed E-state index contributed by atoms with van der Waals surface area (Å²) in [6.45, 7) is 0.425. The molecule has 0 aromatic carbocycles. The average Bonchev–Trinajstić information content (AvgIpc) is 2.24. The maximum absolute atomic E-state index is 11.7. The fourth-order valence-electron chi connectivity index (χ4n) is 2.07. The first-order chi connectivity index (χ1) is 7.61. The highest BCUT2D eigenvalue weighted by atomic mass is 16.4. The van der Waals surface area contributed by atoms with Crippen LogP contribution in [0, 0.1) is 5.92 Å². The Morgan fingerprint density at radius 3 is 2.62 bits per heavy atom. The normalized spacial score (nSPS) is 25.1. The van der Waals surface area contributed by atoms with Crippen LogP contribution in [0.3, 0.4) is 0 Å². The Kier molecular flexibility index (Phi) is 5.25. The highest BCUT2D eigenvalue weighted by molar-refractivity contribution is 5.79. The Hall–Kier alpha value is -1.10. The minimum absolute atomic E-state index is 0.0161. The van der Waals surface area contributed by atoms with Crippen LogP contribution in [0.1, 0.15) is 38.5 Å². The van der Waals surface area contributed by atoms with Gasteiger partial charge in [-0.3, -0.25) is 9.59 Å². The van der Waals surface area contributed by atoms with E-state index in [0.717, 1.165) is 25.7 Å². The molecule has 1 amide bonds. The first-order valence-corrected chi connectivity index (χ1v) is 5.86. The van der Waals surface area contributed by atoms with Gasteiger partial charge in [0.15, 0.2) is 0 Å². The van der Waals surface area contributed by atoms with Gasteiger partial charge in [-0.15, -0.1) is 0 Å². The quantitative estimate of drug-likeness (QED) is 0.597. The molecule has 1 aliphatic carbocycles. The lowest BCUT2D eigenvalue weighted by atomic mass is 9.84. The fraction of sp³-hybridized carbons (Fsp3) is 0.818. The molecule has 4 N–H and O–H groups in total. The zero-order valence-electron chi connectivity index (χ0n) is 9.45. The van der Waals surface area contributed by atoms with Gasteiger partial charge in [0, 0.05) is 19.0 Å². The lowest BCUT2D eigenvalue weighted by molar-refractivity contribution is -0.137. The smallest absolute Gasteiger partial charge is 0.303 e. The number of hydrogen-bond donors (Lipinski definition) is 3. The van der Waals surface area contributed by atoms with E-state index in [2.05, 4.69) is 5.32 Å². The van der Waals surface area contributed by atoms with Gasteiger partial charge in [-0.25, -0.2) is 0 Å². The largest absolute Gasteiger partial charge is 0.481 e. The molecule has 0 aromatic heterocycles. The summed E-state index contributed by atoms with van der Waals surface area (Å²) in [5, 5.41) is 11.2. The minimum atomic E-state index is -0.830. The molecule has 1 fully saturated rings. The number of amides is 1. The Morgan fingerprint density at radius 1 is 1.31 bits per heavy atom. The van der Waals surface area contributed by atoms with Crippen molar-refractivity contribution in [1.29, 1.82) is 0 Å². The molecule has 0 spiro atoms. The van der Waals surface area contributed by atoms with E-state index in [1.54, 1.807) is 0 Å². The van der Waals surface area contributed by atoms with E-state index in [1.165, 1.54) is 0 Å². The van der Waals surface area contributed by atoms with Crippen molar-refractivity contribution in [3.05, 3.63) is 0 Å². The van der Waals surface area contributed by atoms with Crippen LogP contribution in [-0.4, -0.2) is 29.6 Å². The molecule has 0 bridgehead atoms. The number of hydrogen-bond acceptors (Lipinski definition) is 3. The van der Waals surface area contributed by atoms with Crippen molar-refractivity contribution in [1.82, 2.24) is 5.32 Å². The molecular weight excluding hydrogens is 208 g/mol. The number of carbonyl (C=O) groups excluding carboxylic acids is 1. The van der Waals surface area contributed by atoms with Crippen LogP contribution >= 0.6 is 0 Å². The van der Waals surface area contributed by atoms with Gasteiger partial charge in [-0.05, 0) is 19.3 Å². The maximum atomic E-state index is 11.7. The van der Waals surface area contributed by atoms with Gasteiger partial charge in [0.1, 0.15) is 0 Å². The molecule has 16 heavy (non-hydrogen) atoms. The summed E-state index contributed by atoms with van der Waals surface area (Å²) in [4.78, 5) is 22.0. The number of nitrogens with one attached hydrogen (secondary N) is 1. The summed E-state index contributed by atoms with van der Waals surface area (Å²) < 4.78 is 0. The summed E-state index contributed by atoms with van der Waals surface area (Å²) in [5.74, 6) is -0.931. The van der Waals surface area contributed by atoms with E-state index in [-0.39, 0.29) is 24.3 Å². The lowest BCUT2D eigenvalue weighted by Crippen LogP contribution is -2.43. The fourth-order valence-corrected chi connectivity index (χ4v) is 2.07. The molecule has 1 saturated carbocycles. The Bertz CT molecular complexity index is 256. The summed E-state index contributed by atoms with van der Waals surface area (Å²) in [6.07, 6.45) is 4.49. The number of carbonyl (C=O) groups is 2. The predicted molar refractivity (Wildman–Crippen MR) is 59.8 cm³/mol. The van der Waals surface area contributed by atoms with Crippen LogP contribution in [0.4, 0.5) is 0 Å². The Balaban J connectivity index is 2.20. The van der Waals surface area contributed by atoms with E-state index in [0.29, 0.717) is 13.0 Å². The Labute approximate surface area is 95.4 Å². The van der Waals surface area contributed by atoms with Crippen molar-refractivity contribution in [2.45, 2.75) is 44.6 Å². The SMILES string of the molecule is NC1CCCCC1C(=O)NCCCC(=O)O. The minimum Gasteiger partial charge on any atom is -0.481 e.